The molecule has 2 aromatic carbocycles. The van der Waals surface area contributed by atoms with Crippen LogP contribution in [-0.2, 0) is 29.1 Å². The van der Waals surface area contributed by atoms with Gasteiger partial charge in [-0.1, -0.05) is 55.2 Å². The highest BCUT2D eigenvalue weighted by Crippen LogP contribution is 2.31. The Morgan fingerprint density at radius 1 is 1.06 bits per heavy atom. The Labute approximate surface area is 203 Å². The first kappa shape index (κ1) is 15.8. The van der Waals surface area contributed by atoms with Gasteiger partial charge in [-0.05, 0) is 54.4 Å². The zero-order valence-electron chi connectivity index (χ0n) is 24.4. The molecule has 2 unspecified atom stereocenters. The molecule has 0 bridgehead atoms. The highest BCUT2D eigenvalue weighted by atomic mass is 16.2. The van der Waals surface area contributed by atoms with Crippen LogP contribution in [0.2, 0.25) is 0 Å². The predicted molar refractivity (Wildman–Crippen MR) is 125 cm³/mol. The minimum absolute atomic E-state index is 0.0464. The Kier molecular flexibility index (Phi) is 4.53. The molecular formula is C27H31N3O3. The van der Waals surface area contributed by atoms with Crippen LogP contribution in [0.4, 0.5) is 0 Å². The molecule has 2 aliphatic heterocycles. The van der Waals surface area contributed by atoms with Crippen molar-refractivity contribution in [2.24, 2.45) is 5.92 Å². The minimum Gasteiger partial charge on any atom is -0.322 e. The lowest BCUT2D eigenvalue weighted by molar-refractivity contribution is -0.136. The van der Waals surface area contributed by atoms with E-state index in [1.54, 1.807) is 6.07 Å². The lowest BCUT2D eigenvalue weighted by Crippen LogP contribution is -2.52. The van der Waals surface area contributed by atoms with Gasteiger partial charge in [0.05, 0.1) is 6.85 Å². The molecule has 4 atom stereocenters. The van der Waals surface area contributed by atoms with E-state index in [9.17, 15) is 14.4 Å². The van der Waals surface area contributed by atoms with Gasteiger partial charge in [-0.15, -0.1) is 0 Å². The molecule has 1 aliphatic carbocycles. The summed E-state index contributed by atoms with van der Waals surface area (Å²) in [5.74, 6) is -0.802. The SMILES string of the molecule is [2H]c1c([2H])c([2H])c(C([2H])N[C@H]2CCCC[C@@H]2Cc2ccc3c(c2)CN(C2CCC(=O)NC2=O)C3=O)c([2H])c1[2H]. The number of piperidine rings is 1. The lowest BCUT2D eigenvalue weighted by Gasteiger charge is -2.32. The molecule has 2 N–H and O–H groups in total. The van der Waals surface area contributed by atoms with Gasteiger partial charge in [0.2, 0.25) is 11.8 Å². The van der Waals surface area contributed by atoms with Crippen LogP contribution >= 0.6 is 0 Å². The van der Waals surface area contributed by atoms with Gasteiger partial charge < -0.3 is 10.2 Å². The van der Waals surface area contributed by atoms with E-state index >= 15 is 0 Å². The third-order valence-electron chi connectivity index (χ3n) is 6.96. The summed E-state index contributed by atoms with van der Waals surface area (Å²) in [5.41, 5.74) is 2.40. The van der Waals surface area contributed by atoms with Gasteiger partial charge in [0.25, 0.3) is 5.91 Å². The molecular weight excluding hydrogens is 414 g/mol. The van der Waals surface area contributed by atoms with Crippen LogP contribution in [0.5, 0.6) is 0 Å². The molecule has 1 saturated heterocycles. The average molecular weight is 452 g/mol. The molecule has 0 spiro atoms. The van der Waals surface area contributed by atoms with Crippen molar-refractivity contribution < 1.29 is 22.6 Å². The number of carbonyl (C=O) groups is 3. The first-order chi connectivity index (χ1) is 18.6. The summed E-state index contributed by atoms with van der Waals surface area (Å²) >= 11 is 0. The van der Waals surface area contributed by atoms with Gasteiger partial charge in [-0.3, -0.25) is 19.7 Å². The molecule has 0 aromatic heterocycles. The van der Waals surface area contributed by atoms with Crippen molar-refractivity contribution in [3.05, 3.63) is 70.7 Å². The molecule has 33 heavy (non-hydrogen) atoms. The Bertz CT molecular complexity index is 1320. The van der Waals surface area contributed by atoms with E-state index in [-0.39, 0.29) is 47.8 Å². The number of amides is 3. The quantitative estimate of drug-likeness (QED) is 0.661. The number of nitrogens with one attached hydrogen (secondary N) is 2. The number of nitrogens with zero attached hydrogens (tertiary/aromatic N) is 1. The molecule has 2 aromatic rings. The summed E-state index contributed by atoms with van der Waals surface area (Å²) in [6.45, 7) is -0.852. The number of fused-ring (bicyclic) bond motifs is 1. The van der Waals surface area contributed by atoms with E-state index in [4.69, 9.17) is 8.22 Å². The smallest absolute Gasteiger partial charge is 0.255 e. The monoisotopic (exact) mass is 451 g/mol. The minimum atomic E-state index is -1.16. The van der Waals surface area contributed by atoms with E-state index in [1.165, 1.54) is 4.90 Å². The van der Waals surface area contributed by atoms with Crippen molar-refractivity contribution in [3.63, 3.8) is 0 Å². The van der Waals surface area contributed by atoms with E-state index in [0.717, 1.165) is 36.8 Å². The third kappa shape index (κ3) is 4.71. The fraction of sp³-hybridized carbons (Fsp3) is 0.444. The van der Waals surface area contributed by atoms with Gasteiger partial charge in [-0.2, -0.15) is 0 Å². The van der Waals surface area contributed by atoms with Gasteiger partial charge in [0.1, 0.15) is 6.04 Å². The lowest BCUT2D eigenvalue weighted by atomic mass is 9.80. The topological polar surface area (TPSA) is 78.5 Å². The Hall–Kier alpha value is -2.99. The van der Waals surface area contributed by atoms with Crippen molar-refractivity contribution in [1.82, 2.24) is 15.5 Å². The second-order valence-corrected chi connectivity index (χ2v) is 9.10. The highest BCUT2D eigenvalue weighted by Gasteiger charge is 2.39. The van der Waals surface area contributed by atoms with Crippen molar-refractivity contribution in [2.75, 3.05) is 0 Å². The number of carbonyl (C=O) groups excluding carboxylic acids is 3. The molecule has 0 radical (unpaired) electrons. The predicted octanol–water partition coefficient (Wildman–Crippen LogP) is 3.34. The molecule has 5 rings (SSSR count). The normalized spacial score (nSPS) is 28.7. The molecule has 6 nitrogen and oxygen atoms in total. The standard InChI is InChI=1S/C27H31N3O3/c31-25-13-12-24(26(32)29-25)30-17-21-15-19(10-11-22(21)27(30)33)14-20-8-4-5-9-23(20)28-16-18-6-2-1-3-7-18/h1-3,6-7,10-11,15,20,23-24,28H,4-5,8-9,12-14,16-17H2,(H,29,31,32)/t20-,23+,24?/m1/s1/i1D,2D,3D,6D,7D,16D/t16?,20-,23+,24?. The van der Waals surface area contributed by atoms with Crippen LogP contribution in [0.3, 0.4) is 0 Å². The van der Waals surface area contributed by atoms with E-state index in [0.29, 0.717) is 24.9 Å². The molecule has 3 amide bonds. The first-order valence-corrected chi connectivity index (χ1v) is 11.6. The fourth-order valence-electron chi connectivity index (χ4n) is 5.25. The molecule has 2 fully saturated rings. The van der Waals surface area contributed by atoms with E-state index < -0.39 is 36.6 Å². The number of benzene rings is 2. The van der Waals surface area contributed by atoms with Crippen LogP contribution in [0.15, 0.2) is 48.4 Å². The fourth-order valence-corrected chi connectivity index (χ4v) is 5.25. The van der Waals surface area contributed by atoms with Crippen molar-refractivity contribution >= 4 is 17.7 Å². The van der Waals surface area contributed by atoms with E-state index in [2.05, 4.69) is 10.6 Å². The van der Waals surface area contributed by atoms with Gasteiger partial charge >= 0.3 is 0 Å². The molecule has 3 aliphatic rings. The molecule has 6 heteroatoms. The molecule has 172 valence electrons. The summed E-state index contributed by atoms with van der Waals surface area (Å²) < 4.78 is 48.7. The van der Waals surface area contributed by atoms with Crippen LogP contribution in [0.25, 0.3) is 0 Å². The summed E-state index contributed by atoms with van der Waals surface area (Å²) in [6.07, 6.45) is 4.96. The van der Waals surface area contributed by atoms with Crippen LogP contribution in [-0.4, -0.2) is 34.7 Å². The maximum absolute atomic E-state index is 13.0. The van der Waals surface area contributed by atoms with Crippen LogP contribution in [0.1, 0.15) is 73.8 Å². The van der Waals surface area contributed by atoms with Crippen molar-refractivity contribution in [2.45, 2.75) is 70.1 Å². The number of imide groups is 1. The van der Waals surface area contributed by atoms with Gasteiger partial charge in [-0.25, -0.2) is 0 Å². The maximum atomic E-state index is 13.0. The summed E-state index contributed by atoms with van der Waals surface area (Å²) in [6, 6.07) is 2.92. The maximum Gasteiger partial charge on any atom is 0.255 e. The average Bonchev–Trinajstić information content (AvgIpc) is 3.22. The van der Waals surface area contributed by atoms with Gasteiger partial charge in [0, 0.05) is 32.5 Å². The number of hydrogen-bond acceptors (Lipinski definition) is 4. The third-order valence-corrected chi connectivity index (χ3v) is 6.96. The molecule has 2 heterocycles. The van der Waals surface area contributed by atoms with Crippen molar-refractivity contribution in [1.29, 1.82) is 0 Å². The second kappa shape index (κ2) is 9.48. The Morgan fingerprint density at radius 3 is 2.70 bits per heavy atom. The zero-order valence-corrected chi connectivity index (χ0v) is 18.4. The number of hydrogen-bond donors (Lipinski definition) is 2. The van der Waals surface area contributed by atoms with Crippen LogP contribution < -0.4 is 10.6 Å². The summed E-state index contributed by atoms with van der Waals surface area (Å²) in [5, 5.41) is 5.56. The zero-order chi connectivity index (χ0) is 28.0. The molecule has 1 saturated carbocycles. The summed E-state index contributed by atoms with van der Waals surface area (Å²) in [7, 11) is 0. The Balaban J connectivity index is 1.31. The summed E-state index contributed by atoms with van der Waals surface area (Å²) in [4.78, 5) is 38.4. The second-order valence-electron chi connectivity index (χ2n) is 9.10. The number of rotatable bonds is 6. The van der Waals surface area contributed by atoms with Gasteiger partial charge in [0.15, 0.2) is 0 Å². The largest absolute Gasteiger partial charge is 0.322 e. The van der Waals surface area contributed by atoms with E-state index in [1.807, 2.05) is 12.1 Å². The van der Waals surface area contributed by atoms with Crippen LogP contribution in [0, 0.1) is 5.92 Å². The van der Waals surface area contributed by atoms with Crippen molar-refractivity contribution in [3.8, 4) is 0 Å². The highest BCUT2D eigenvalue weighted by molar-refractivity contribution is 6.05. The Morgan fingerprint density at radius 2 is 1.88 bits per heavy atom. The first-order valence-electron chi connectivity index (χ1n) is 14.7.